The lowest BCUT2D eigenvalue weighted by atomic mass is 10.1. The Labute approximate surface area is 119 Å². The summed E-state index contributed by atoms with van der Waals surface area (Å²) in [7, 11) is 0. The van der Waals surface area contributed by atoms with Gasteiger partial charge in [-0.1, -0.05) is 44.2 Å². The first-order valence-corrected chi connectivity index (χ1v) is 7.07. The fourth-order valence-electron chi connectivity index (χ4n) is 1.84. The number of rotatable bonds is 8. The quantitative estimate of drug-likeness (QED) is 0.702. The molecular weight excluding hydrogens is 264 g/mol. The van der Waals surface area contributed by atoms with Gasteiger partial charge in [0, 0.05) is 12.2 Å². The number of carboxylic acids is 1. The van der Waals surface area contributed by atoms with Gasteiger partial charge in [-0.2, -0.15) is 0 Å². The molecule has 0 aliphatic rings. The molecule has 0 aliphatic heterocycles. The number of aromatic nitrogens is 1. The van der Waals surface area contributed by atoms with Gasteiger partial charge in [-0.15, -0.1) is 0 Å². The van der Waals surface area contributed by atoms with Crippen molar-refractivity contribution in [2.24, 2.45) is 0 Å². The van der Waals surface area contributed by atoms with Gasteiger partial charge in [0.25, 0.3) is 0 Å². The number of hydrogen-bond acceptors (Lipinski definition) is 3. The van der Waals surface area contributed by atoms with E-state index in [9.17, 15) is 4.79 Å². The van der Waals surface area contributed by atoms with Gasteiger partial charge in [-0.05, 0) is 19.4 Å². The Bertz CT molecular complexity index is 424. The number of pyridine rings is 1. The van der Waals surface area contributed by atoms with E-state index in [1.807, 2.05) is 0 Å². The third-order valence-corrected chi connectivity index (χ3v) is 3.25. The molecule has 1 atom stereocenters. The average molecular weight is 285 g/mol. The van der Waals surface area contributed by atoms with Crippen molar-refractivity contribution in [3.05, 3.63) is 22.8 Å². The van der Waals surface area contributed by atoms with Gasteiger partial charge in [0.05, 0.1) is 10.6 Å². The van der Waals surface area contributed by atoms with E-state index in [0.29, 0.717) is 10.8 Å². The highest BCUT2D eigenvalue weighted by molar-refractivity contribution is 6.33. The fourth-order valence-corrected chi connectivity index (χ4v) is 2.06. The van der Waals surface area contributed by atoms with Crippen molar-refractivity contribution in [3.8, 4) is 0 Å². The molecule has 1 aromatic rings. The molecule has 0 spiro atoms. The zero-order valence-corrected chi connectivity index (χ0v) is 12.2. The second-order valence-corrected chi connectivity index (χ2v) is 5.16. The van der Waals surface area contributed by atoms with E-state index in [0.717, 1.165) is 6.42 Å². The van der Waals surface area contributed by atoms with Crippen LogP contribution in [0.2, 0.25) is 5.02 Å². The van der Waals surface area contributed by atoms with Gasteiger partial charge in [0.2, 0.25) is 0 Å². The summed E-state index contributed by atoms with van der Waals surface area (Å²) in [6.07, 6.45) is 7.28. The molecule has 4 nitrogen and oxygen atoms in total. The molecule has 106 valence electrons. The minimum Gasteiger partial charge on any atom is -0.478 e. The SMILES string of the molecule is CCCCCCC(C)Nc1ncc(C(=O)O)cc1Cl. The van der Waals surface area contributed by atoms with E-state index in [-0.39, 0.29) is 11.6 Å². The molecule has 0 aliphatic carbocycles. The Morgan fingerprint density at radius 3 is 2.79 bits per heavy atom. The molecule has 1 heterocycles. The minimum absolute atomic E-state index is 0.103. The predicted octanol–water partition coefficient (Wildman–Crippen LogP) is 4.20. The third-order valence-electron chi connectivity index (χ3n) is 2.96. The molecule has 19 heavy (non-hydrogen) atoms. The van der Waals surface area contributed by atoms with E-state index in [1.165, 1.54) is 37.9 Å². The molecule has 0 aromatic carbocycles. The van der Waals surface area contributed by atoms with E-state index in [1.54, 1.807) is 0 Å². The number of hydrogen-bond donors (Lipinski definition) is 2. The standard InChI is InChI=1S/C14H21ClN2O2/c1-3-4-5-6-7-10(2)17-13-12(15)8-11(9-16-13)14(18)19/h8-10H,3-7H2,1-2H3,(H,16,17)(H,18,19). The van der Waals surface area contributed by atoms with Crippen LogP contribution in [0.15, 0.2) is 12.3 Å². The van der Waals surface area contributed by atoms with Crippen LogP contribution in [0.25, 0.3) is 0 Å². The van der Waals surface area contributed by atoms with Crippen molar-refractivity contribution in [1.82, 2.24) is 4.98 Å². The van der Waals surface area contributed by atoms with E-state index in [4.69, 9.17) is 16.7 Å². The van der Waals surface area contributed by atoms with Crippen molar-refractivity contribution in [3.63, 3.8) is 0 Å². The monoisotopic (exact) mass is 284 g/mol. The highest BCUT2D eigenvalue weighted by Crippen LogP contribution is 2.21. The summed E-state index contributed by atoms with van der Waals surface area (Å²) in [6, 6.07) is 1.70. The average Bonchev–Trinajstić information content (AvgIpc) is 2.37. The second kappa shape index (κ2) is 8.00. The zero-order valence-electron chi connectivity index (χ0n) is 11.4. The lowest BCUT2D eigenvalue weighted by Crippen LogP contribution is -2.16. The van der Waals surface area contributed by atoms with Crippen LogP contribution in [0.1, 0.15) is 56.3 Å². The normalized spacial score (nSPS) is 12.2. The number of nitrogens with zero attached hydrogens (tertiary/aromatic N) is 1. The van der Waals surface area contributed by atoms with Gasteiger partial charge >= 0.3 is 5.97 Å². The Morgan fingerprint density at radius 1 is 1.47 bits per heavy atom. The maximum Gasteiger partial charge on any atom is 0.337 e. The first kappa shape index (κ1) is 15.8. The fraction of sp³-hybridized carbons (Fsp3) is 0.571. The Balaban J connectivity index is 2.50. The molecule has 2 N–H and O–H groups in total. The molecule has 1 unspecified atom stereocenters. The van der Waals surface area contributed by atoms with Crippen LogP contribution in [-0.4, -0.2) is 22.1 Å². The van der Waals surface area contributed by atoms with E-state index >= 15 is 0 Å². The summed E-state index contributed by atoms with van der Waals surface area (Å²) in [5, 5.41) is 12.4. The summed E-state index contributed by atoms with van der Waals surface area (Å²) in [5.41, 5.74) is 0.103. The van der Waals surface area contributed by atoms with Crippen molar-refractivity contribution >= 4 is 23.4 Å². The van der Waals surface area contributed by atoms with Crippen LogP contribution in [0.4, 0.5) is 5.82 Å². The van der Waals surface area contributed by atoms with Crippen LogP contribution in [0.3, 0.4) is 0 Å². The number of carboxylic acid groups (broad SMARTS) is 1. The highest BCUT2D eigenvalue weighted by atomic mass is 35.5. The van der Waals surface area contributed by atoms with Crippen molar-refractivity contribution in [2.75, 3.05) is 5.32 Å². The number of unbranched alkanes of at least 4 members (excludes halogenated alkanes) is 3. The van der Waals surface area contributed by atoms with E-state index < -0.39 is 5.97 Å². The maximum absolute atomic E-state index is 10.8. The summed E-state index contributed by atoms with van der Waals surface area (Å²) >= 11 is 6.01. The molecular formula is C14H21ClN2O2. The Hall–Kier alpha value is -1.29. The van der Waals surface area contributed by atoms with E-state index in [2.05, 4.69) is 24.1 Å². The number of anilines is 1. The lowest BCUT2D eigenvalue weighted by Gasteiger charge is -2.15. The van der Waals surface area contributed by atoms with Gasteiger partial charge in [0.1, 0.15) is 5.82 Å². The smallest absolute Gasteiger partial charge is 0.337 e. The summed E-state index contributed by atoms with van der Waals surface area (Å²) < 4.78 is 0. The van der Waals surface area contributed by atoms with Crippen molar-refractivity contribution in [2.45, 2.75) is 52.0 Å². The molecule has 0 saturated carbocycles. The lowest BCUT2D eigenvalue weighted by molar-refractivity contribution is 0.0696. The van der Waals surface area contributed by atoms with Crippen LogP contribution < -0.4 is 5.32 Å². The first-order valence-electron chi connectivity index (χ1n) is 6.70. The molecule has 5 heteroatoms. The van der Waals surface area contributed by atoms with Crippen LogP contribution >= 0.6 is 11.6 Å². The zero-order chi connectivity index (χ0) is 14.3. The topological polar surface area (TPSA) is 62.2 Å². The summed E-state index contributed by atoms with van der Waals surface area (Å²) in [5.74, 6) is -0.469. The molecule has 1 aromatic heterocycles. The van der Waals surface area contributed by atoms with Gasteiger partial charge in [0.15, 0.2) is 0 Å². The van der Waals surface area contributed by atoms with Gasteiger partial charge in [-0.3, -0.25) is 0 Å². The van der Waals surface area contributed by atoms with Crippen LogP contribution in [0, 0.1) is 0 Å². The van der Waals surface area contributed by atoms with Gasteiger partial charge in [-0.25, -0.2) is 9.78 Å². The largest absolute Gasteiger partial charge is 0.478 e. The molecule has 0 saturated heterocycles. The number of aromatic carboxylic acids is 1. The molecule has 0 radical (unpaired) electrons. The Morgan fingerprint density at radius 2 is 2.21 bits per heavy atom. The van der Waals surface area contributed by atoms with Crippen LogP contribution in [0.5, 0.6) is 0 Å². The molecule has 0 bridgehead atoms. The van der Waals surface area contributed by atoms with Crippen molar-refractivity contribution in [1.29, 1.82) is 0 Å². The highest BCUT2D eigenvalue weighted by Gasteiger charge is 2.10. The molecule has 0 amide bonds. The molecule has 0 fully saturated rings. The summed E-state index contributed by atoms with van der Waals surface area (Å²) in [6.45, 7) is 4.27. The maximum atomic E-state index is 10.8. The number of carbonyl (C=O) groups is 1. The number of halogens is 1. The van der Waals surface area contributed by atoms with Gasteiger partial charge < -0.3 is 10.4 Å². The first-order chi connectivity index (χ1) is 9.04. The minimum atomic E-state index is -1.02. The summed E-state index contributed by atoms with van der Waals surface area (Å²) in [4.78, 5) is 14.8. The molecule has 1 rings (SSSR count). The number of nitrogens with one attached hydrogen (secondary N) is 1. The second-order valence-electron chi connectivity index (χ2n) is 4.75. The van der Waals surface area contributed by atoms with Crippen LogP contribution in [-0.2, 0) is 0 Å². The third kappa shape index (κ3) is 5.47. The Kier molecular flexibility index (Phi) is 6.64. The predicted molar refractivity (Wildman–Crippen MR) is 78.1 cm³/mol. The van der Waals surface area contributed by atoms with Crippen molar-refractivity contribution < 1.29 is 9.90 Å².